The smallest absolute Gasteiger partial charge is 0.326 e. The Bertz CT molecular complexity index is 297. The molecule has 1 amide bonds. The minimum absolute atomic E-state index is 0.0433. The number of hydrogen-bond donors (Lipinski definition) is 1. The summed E-state index contributed by atoms with van der Waals surface area (Å²) in [5.41, 5.74) is 0. The zero-order chi connectivity index (χ0) is 12.3. The highest BCUT2D eigenvalue weighted by Gasteiger charge is 2.33. The van der Waals surface area contributed by atoms with Gasteiger partial charge in [-0.1, -0.05) is 25.7 Å². The number of hydrogen-bond acceptors (Lipinski definition) is 2. The van der Waals surface area contributed by atoms with Crippen LogP contribution in [0.15, 0.2) is 0 Å². The van der Waals surface area contributed by atoms with Crippen molar-refractivity contribution in [1.29, 1.82) is 0 Å². The Balaban J connectivity index is 1.80. The number of carbonyl (C=O) groups is 2. The predicted octanol–water partition coefficient (Wildman–Crippen LogP) is 2.03. The van der Waals surface area contributed by atoms with Crippen molar-refractivity contribution in [1.82, 2.24) is 4.90 Å². The Labute approximate surface area is 102 Å². The fourth-order valence-corrected chi connectivity index (χ4v) is 3.09. The second kappa shape index (κ2) is 5.52. The van der Waals surface area contributed by atoms with Crippen molar-refractivity contribution in [3.63, 3.8) is 0 Å². The van der Waals surface area contributed by atoms with Crippen molar-refractivity contribution in [2.75, 3.05) is 6.54 Å². The molecule has 0 spiro atoms. The van der Waals surface area contributed by atoms with E-state index in [2.05, 4.69) is 0 Å². The zero-order valence-corrected chi connectivity index (χ0v) is 10.2. The van der Waals surface area contributed by atoms with E-state index in [0.29, 0.717) is 25.3 Å². The summed E-state index contributed by atoms with van der Waals surface area (Å²) in [6, 6.07) is -0.564. The van der Waals surface area contributed by atoms with Crippen LogP contribution in [-0.2, 0) is 9.59 Å². The topological polar surface area (TPSA) is 57.6 Å². The fraction of sp³-hybridized carbons (Fsp3) is 0.846. The number of rotatable bonds is 4. The molecule has 1 atom stereocenters. The van der Waals surface area contributed by atoms with Crippen LogP contribution in [-0.4, -0.2) is 34.5 Å². The third-order valence-corrected chi connectivity index (χ3v) is 4.10. The number of carbonyl (C=O) groups excluding carboxylic acids is 1. The summed E-state index contributed by atoms with van der Waals surface area (Å²) in [5.74, 6) is -0.108. The van der Waals surface area contributed by atoms with Crippen LogP contribution in [0.2, 0.25) is 0 Å². The molecule has 4 nitrogen and oxygen atoms in total. The van der Waals surface area contributed by atoms with Gasteiger partial charge < -0.3 is 10.0 Å². The lowest BCUT2D eigenvalue weighted by atomic mass is 10.0. The normalized spacial score (nSPS) is 25.4. The summed E-state index contributed by atoms with van der Waals surface area (Å²) < 4.78 is 0. The van der Waals surface area contributed by atoms with Crippen molar-refractivity contribution in [2.45, 2.75) is 57.4 Å². The van der Waals surface area contributed by atoms with Gasteiger partial charge in [-0.3, -0.25) is 4.79 Å². The highest BCUT2D eigenvalue weighted by molar-refractivity contribution is 5.84. The molecule has 17 heavy (non-hydrogen) atoms. The van der Waals surface area contributed by atoms with E-state index in [9.17, 15) is 9.59 Å². The summed E-state index contributed by atoms with van der Waals surface area (Å²) in [6.07, 6.45) is 8.00. The largest absolute Gasteiger partial charge is 0.480 e. The molecular formula is C13H21NO3. The third kappa shape index (κ3) is 2.99. The van der Waals surface area contributed by atoms with Crippen LogP contribution >= 0.6 is 0 Å². The zero-order valence-electron chi connectivity index (χ0n) is 10.2. The van der Waals surface area contributed by atoms with E-state index >= 15 is 0 Å². The molecule has 1 aliphatic carbocycles. The second-order valence-electron chi connectivity index (χ2n) is 5.27. The molecule has 0 bridgehead atoms. The van der Waals surface area contributed by atoms with Gasteiger partial charge >= 0.3 is 5.97 Å². The van der Waals surface area contributed by atoms with Crippen molar-refractivity contribution in [3.05, 3.63) is 0 Å². The van der Waals surface area contributed by atoms with E-state index in [1.54, 1.807) is 4.90 Å². The molecule has 4 heteroatoms. The molecule has 0 radical (unpaired) electrons. The molecule has 2 aliphatic rings. The molecule has 2 fully saturated rings. The Morgan fingerprint density at radius 3 is 2.47 bits per heavy atom. The molecule has 1 saturated heterocycles. The number of nitrogens with zero attached hydrogens (tertiary/aromatic N) is 1. The quantitative estimate of drug-likeness (QED) is 0.816. The number of amides is 1. The standard InChI is InChI=1S/C13H21NO3/c15-12(8-7-10-4-1-2-5-10)14-9-3-6-11(14)13(16)17/h10-11H,1-9H2,(H,16,17)/t11-/m1/s1. The van der Waals surface area contributed by atoms with Gasteiger partial charge in [0.2, 0.25) is 5.91 Å². The first kappa shape index (κ1) is 12.4. The van der Waals surface area contributed by atoms with Crippen LogP contribution in [0.3, 0.4) is 0 Å². The first-order valence-corrected chi connectivity index (χ1v) is 6.71. The van der Waals surface area contributed by atoms with Crippen LogP contribution in [0.25, 0.3) is 0 Å². The molecule has 1 heterocycles. The molecule has 1 aliphatic heterocycles. The van der Waals surface area contributed by atoms with E-state index < -0.39 is 12.0 Å². The molecule has 0 unspecified atom stereocenters. The lowest BCUT2D eigenvalue weighted by Crippen LogP contribution is -2.40. The molecule has 0 aromatic heterocycles. The molecule has 96 valence electrons. The fourth-order valence-electron chi connectivity index (χ4n) is 3.09. The average Bonchev–Trinajstić information content (AvgIpc) is 2.96. The Morgan fingerprint density at radius 1 is 1.12 bits per heavy atom. The SMILES string of the molecule is O=C(O)[C@H]1CCCN1C(=O)CCC1CCCC1. The lowest BCUT2D eigenvalue weighted by molar-refractivity contribution is -0.148. The Morgan fingerprint density at radius 2 is 1.82 bits per heavy atom. The van der Waals surface area contributed by atoms with Crippen molar-refractivity contribution < 1.29 is 14.7 Å². The maximum atomic E-state index is 12.0. The summed E-state index contributed by atoms with van der Waals surface area (Å²) >= 11 is 0. The summed E-state index contributed by atoms with van der Waals surface area (Å²) in [7, 11) is 0. The number of likely N-dealkylation sites (tertiary alicyclic amines) is 1. The van der Waals surface area contributed by atoms with Crippen LogP contribution < -0.4 is 0 Å². The van der Waals surface area contributed by atoms with Gasteiger partial charge in [0.1, 0.15) is 6.04 Å². The molecule has 1 N–H and O–H groups in total. The van der Waals surface area contributed by atoms with Gasteiger partial charge in [-0.2, -0.15) is 0 Å². The maximum absolute atomic E-state index is 12.0. The van der Waals surface area contributed by atoms with Gasteiger partial charge in [-0.05, 0) is 25.2 Å². The number of carboxylic acid groups (broad SMARTS) is 1. The number of aliphatic carboxylic acids is 1. The van der Waals surface area contributed by atoms with Gasteiger partial charge in [0.15, 0.2) is 0 Å². The molecule has 2 rings (SSSR count). The highest BCUT2D eigenvalue weighted by atomic mass is 16.4. The van der Waals surface area contributed by atoms with Crippen LogP contribution in [0.1, 0.15) is 51.4 Å². The molecule has 1 saturated carbocycles. The van der Waals surface area contributed by atoms with Crippen LogP contribution in [0.4, 0.5) is 0 Å². The molecule has 0 aromatic carbocycles. The summed E-state index contributed by atoms with van der Waals surface area (Å²) in [5, 5.41) is 9.02. The first-order chi connectivity index (χ1) is 8.18. The van der Waals surface area contributed by atoms with E-state index in [1.807, 2.05) is 0 Å². The minimum Gasteiger partial charge on any atom is -0.480 e. The highest BCUT2D eigenvalue weighted by Crippen LogP contribution is 2.29. The van der Waals surface area contributed by atoms with Crippen LogP contribution in [0, 0.1) is 5.92 Å². The van der Waals surface area contributed by atoms with Gasteiger partial charge in [-0.25, -0.2) is 4.79 Å². The molecule has 0 aromatic rings. The molecular weight excluding hydrogens is 218 g/mol. The third-order valence-electron chi connectivity index (χ3n) is 4.10. The Kier molecular flexibility index (Phi) is 4.02. The van der Waals surface area contributed by atoms with Gasteiger partial charge in [0.25, 0.3) is 0 Å². The predicted molar refractivity (Wildman–Crippen MR) is 63.6 cm³/mol. The van der Waals surface area contributed by atoms with Crippen molar-refractivity contribution in [3.8, 4) is 0 Å². The Hall–Kier alpha value is -1.06. The summed E-state index contributed by atoms with van der Waals surface area (Å²) in [6.45, 7) is 0.625. The lowest BCUT2D eigenvalue weighted by Gasteiger charge is -2.22. The average molecular weight is 239 g/mol. The van der Waals surface area contributed by atoms with E-state index in [0.717, 1.165) is 12.8 Å². The first-order valence-electron chi connectivity index (χ1n) is 6.71. The van der Waals surface area contributed by atoms with E-state index in [-0.39, 0.29) is 5.91 Å². The van der Waals surface area contributed by atoms with Crippen molar-refractivity contribution >= 4 is 11.9 Å². The van der Waals surface area contributed by atoms with Gasteiger partial charge in [-0.15, -0.1) is 0 Å². The van der Waals surface area contributed by atoms with Crippen molar-refractivity contribution in [2.24, 2.45) is 5.92 Å². The van der Waals surface area contributed by atoms with Gasteiger partial charge in [0, 0.05) is 13.0 Å². The monoisotopic (exact) mass is 239 g/mol. The van der Waals surface area contributed by atoms with Gasteiger partial charge in [0.05, 0.1) is 0 Å². The van der Waals surface area contributed by atoms with E-state index in [4.69, 9.17) is 5.11 Å². The minimum atomic E-state index is -0.850. The number of carboxylic acids is 1. The summed E-state index contributed by atoms with van der Waals surface area (Å²) in [4.78, 5) is 24.5. The second-order valence-corrected chi connectivity index (χ2v) is 5.27. The van der Waals surface area contributed by atoms with E-state index in [1.165, 1.54) is 25.7 Å². The van der Waals surface area contributed by atoms with Crippen LogP contribution in [0.5, 0.6) is 0 Å². The maximum Gasteiger partial charge on any atom is 0.326 e.